The quantitative estimate of drug-likeness (QED) is 0.599. The highest BCUT2D eigenvalue weighted by atomic mass is 16.5. The van der Waals surface area contributed by atoms with Gasteiger partial charge in [-0.2, -0.15) is 0 Å². The summed E-state index contributed by atoms with van der Waals surface area (Å²) >= 11 is 0. The van der Waals surface area contributed by atoms with E-state index in [4.69, 9.17) is 11.2 Å². The van der Waals surface area contributed by atoms with Crippen LogP contribution >= 0.6 is 0 Å². The van der Waals surface area contributed by atoms with Gasteiger partial charge in [0.2, 0.25) is 11.8 Å². The summed E-state index contributed by atoms with van der Waals surface area (Å²) in [6.07, 6.45) is 11.9. The topological polar surface area (TPSA) is 83.5 Å². The van der Waals surface area contributed by atoms with Gasteiger partial charge in [-0.25, -0.2) is 4.98 Å². The Morgan fingerprint density at radius 3 is 2.77 bits per heavy atom. The van der Waals surface area contributed by atoms with E-state index in [1.165, 1.54) is 18.9 Å². The molecule has 3 rings (SSSR count). The summed E-state index contributed by atoms with van der Waals surface area (Å²) in [6, 6.07) is 1.76. The number of hydrogen-bond donors (Lipinski definition) is 3. The third-order valence-electron chi connectivity index (χ3n) is 5.96. The van der Waals surface area contributed by atoms with E-state index in [1.54, 1.807) is 0 Å². The lowest BCUT2D eigenvalue weighted by molar-refractivity contribution is -0.120. The van der Waals surface area contributed by atoms with Crippen LogP contribution in [-0.4, -0.2) is 40.3 Å². The molecule has 1 fully saturated rings. The van der Waals surface area contributed by atoms with Gasteiger partial charge in [0.05, 0.1) is 12.1 Å². The molecule has 2 aliphatic rings. The number of nitrogens with one attached hydrogen (secondary N) is 2. The molecule has 1 amide bonds. The highest BCUT2D eigenvalue weighted by molar-refractivity contribution is 5.73. The predicted molar refractivity (Wildman–Crippen MR) is 117 cm³/mol. The van der Waals surface area contributed by atoms with Crippen LogP contribution in [0.2, 0.25) is 0 Å². The van der Waals surface area contributed by atoms with E-state index >= 15 is 0 Å². The number of fused-ring (bicyclic) bond motifs is 1. The van der Waals surface area contributed by atoms with Crippen molar-refractivity contribution in [2.75, 3.05) is 6.54 Å². The number of ether oxygens (including phenoxy) is 1. The number of amides is 1. The third kappa shape index (κ3) is 5.53. The Hall–Kier alpha value is -2.10. The highest BCUT2D eigenvalue weighted by Crippen LogP contribution is 2.48. The molecule has 0 bridgehead atoms. The molecule has 2 heterocycles. The zero-order valence-corrected chi connectivity index (χ0v) is 18.6. The number of nitrogens with zero attached hydrogens (tertiary/aromatic N) is 1. The average molecular weight is 414 g/mol. The van der Waals surface area contributed by atoms with Crippen molar-refractivity contribution in [3.8, 4) is 18.2 Å². The number of aliphatic hydroxyl groups excluding tert-OH is 1. The fourth-order valence-electron chi connectivity index (χ4n) is 4.42. The fraction of sp³-hybridized carbons (Fsp3) is 0.667. The number of aliphatic hydroxyl groups is 1. The van der Waals surface area contributed by atoms with Crippen LogP contribution in [0.15, 0.2) is 12.3 Å². The van der Waals surface area contributed by atoms with Gasteiger partial charge in [0, 0.05) is 44.1 Å². The maximum atomic E-state index is 11.5. The first-order valence-corrected chi connectivity index (χ1v) is 10.9. The second-order valence-corrected chi connectivity index (χ2v) is 10.1. The number of terminal acetylenes is 1. The molecule has 3 N–H and O–H groups in total. The molecule has 0 aromatic carbocycles. The Balaban J connectivity index is 1.77. The number of carbonyl (C=O) groups is 1. The van der Waals surface area contributed by atoms with Crippen molar-refractivity contribution < 1.29 is 14.6 Å². The minimum Gasteiger partial charge on any atom is -0.471 e. The maximum Gasteiger partial charge on any atom is 0.218 e. The van der Waals surface area contributed by atoms with Crippen LogP contribution < -0.4 is 15.4 Å². The first kappa shape index (κ1) is 22.6. The summed E-state index contributed by atoms with van der Waals surface area (Å²) in [4.78, 5) is 16.1. The summed E-state index contributed by atoms with van der Waals surface area (Å²) in [5, 5.41) is 16.9. The molecule has 0 unspecified atom stereocenters. The van der Waals surface area contributed by atoms with Gasteiger partial charge in [-0.05, 0) is 42.7 Å². The van der Waals surface area contributed by atoms with E-state index in [0.29, 0.717) is 12.4 Å². The normalized spacial score (nSPS) is 21.5. The van der Waals surface area contributed by atoms with Crippen LogP contribution in [0.5, 0.6) is 5.88 Å². The third-order valence-corrected chi connectivity index (χ3v) is 5.96. The number of aromatic nitrogens is 1. The number of hydrogen-bond acceptors (Lipinski definition) is 5. The van der Waals surface area contributed by atoms with Crippen molar-refractivity contribution in [3.63, 3.8) is 0 Å². The minimum absolute atomic E-state index is 0.0416. The van der Waals surface area contributed by atoms with E-state index in [9.17, 15) is 9.90 Å². The lowest BCUT2D eigenvalue weighted by Crippen LogP contribution is -2.51. The van der Waals surface area contributed by atoms with Crippen LogP contribution in [0.4, 0.5) is 0 Å². The molecule has 3 atom stereocenters. The maximum absolute atomic E-state index is 11.5. The van der Waals surface area contributed by atoms with Crippen LogP contribution in [0.1, 0.15) is 77.0 Å². The lowest BCUT2D eigenvalue weighted by atomic mass is 9.73. The smallest absolute Gasteiger partial charge is 0.218 e. The van der Waals surface area contributed by atoms with Crippen molar-refractivity contribution in [1.82, 2.24) is 15.6 Å². The molecule has 164 valence electrons. The Bertz CT molecular complexity index is 805. The second-order valence-electron chi connectivity index (χ2n) is 10.1. The van der Waals surface area contributed by atoms with E-state index in [0.717, 1.165) is 31.2 Å². The molecule has 1 spiro atoms. The molecule has 1 aliphatic heterocycles. The number of rotatable bonds is 7. The summed E-state index contributed by atoms with van der Waals surface area (Å²) in [6.45, 7) is 8.40. The molecule has 0 saturated heterocycles. The van der Waals surface area contributed by atoms with E-state index < -0.39 is 12.1 Å². The molecule has 1 saturated carbocycles. The van der Waals surface area contributed by atoms with Gasteiger partial charge in [-0.1, -0.05) is 20.8 Å². The largest absolute Gasteiger partial charge is 0.471 e. The van der Waals surface area contributed by atoms with Crippen molar-refractivity contribution in [2.45, 2.75) is 90.0 Å². The van der Waals surface area contributed by atoms with Crippen LogP contribution in [0.3, 0.4) is 0 Å². The van der Waals surface area contributed by atoms with Gasteiger partial charge in [0.15, 0.2) is 0 Å². The summed E-state index contributed by atoms with van der Waals surface area (Å²) in [5.41, 5.74) is 2.25. The minimum atomic E-state index is -0.778. The predicted octanol–water partition coefficient (Wildman–Crippen LogP) is 2.90. The fourth-order valence-corrected chi connectivity index (χ4v) is 4.42. The Labute approximate surface area is 180 Å². The molecule has 1 aromatic heterocycles. The van der Waals surface area contributed by atoms with Crippen LogP contribution in [0.25, 0.3) is 0 Å². The van der Waals surface area contributed by atoms with Crippen molar-refractivity contribution in [2.24, 2.45) is 5.41 Å². The van der Waals surface area contributed by atoms with E-state index in [2.05, 4.69) is 48.4 Å². The first-order valence-electron chi connectivity index (χ1n) is 10.9. The molecule has 1 aliphatic carbocycles. The zero-order valence-electron chi connectivity index (χ0n) is 18.6. The van der Waals surface area contributed by atoms with Crippen LogP contribution in [0, 0.1) is 17.8 Å². The van der Waals surface area contributed by atoms with Gasteiger partial charge in [0.1, 0.15) is 5.60 Å². The number of pyridine rings is 1. The lowest BCUT2D eigenvalue weighted by Gasteiger charge is -2.47. The van der Waals surface area contributed by atoms with E-state index in [1.807, 2.05) is 6.20 Å². The van der Waals surface area contributed by atoms with Gasteiger partial charge in [0.25, 0.3) is 0 Å². The summed E-state index contributed by atoms with van der Waals surface area (Å²) < 4.78 is 6.32. The molecule has 6 heteroatoms. The summed E-state index contributed by atoms with van der Waals surface area (Å²) in [5.74, 6) is 3.04. The highest BCUT2D eigenvalue weighted by Gasteiger charge is 2.46. The monoisotopic (exact) mass is 413 g/mol. The SMILES string of the molecule is C#CC[C@H](NC(C)=O)[C@H](O)CN[C@H]1CC2(CCC2)Oc2ncc(CC(C)(C)C)cc21. The molecule has 6 nitrogen and oxygen atoms in total. The van der Waals surface area contributed by atoms with Crippen molar-refractivity contribution in [1.29, 1.82) is 0 Å². The molecular weight excluding hydrogens is 378 g/mol. The second kappa shape index (κ2) is 8.95. The first-order chi connectivity index (χ1) is 14.1. The van der Waals surface area contributed by atoms with Crippen molar-refractivity contribution >= 4 is 5.91 Å². The Morgan fingerprint density at radius 1 is 1.47 bits per heavy atom. The van der Waals surface area contributed by atoms with Crippen molar-refractivity contribution in [3.05, 3.63) is 23.4 Å². The molecular formula is C24H35N3O3. The Morgan fingerprint density at radius 2 is 2.20 bits per heavy atom. The van der Waals surface area contributed by atoms with E-state index in [-0.39, 0.29) is 29.4 Å². The van der Waals surface area contributed by atoms with Gasteiger partial charge < -0.3 is 20.5 Å². The molecule has 30 heavy (non-hydrogen) atoms. The standard InChI is InChI=1S/C24H35N3O3/c1-6-8-19(27-16(2)28)21(29)15-25-20-13-24(9-7-10-24)30-22-18(20)11-17(14-26-22)12-23(3,4)5/h1,11,14,19-21,25,29H,7-10,12-13,15H2,2-5H3,(H,27,28)/t19-,20-,21+/m0/s1. The zero-order chi connectivity index (χ0) is 21.9. The molecule has 1 aromatic rings. The Kier molecular flexibility index (Phi) is 6.74. The van der Waals surface area contributed by atoms with Gasteiger partial charge in [-0.3, -0.25) is 4.79 Å². The van der Waals surface area contributed by atoms with Gasteiger partial charge in [-0.15, -0.1) is 12.3 Å². The number of carbonyl (C=O) groups excluding carboxylic acids is 1. The van der Waals surface area contributed by atoms with Gasteiger partial charge >= 0.3 is 0 Å². The average Bonchev–Trinajstić information content (AvgIpc) is 2.62. The molecule has 0 radical (unpaired) electrons. The summed E-state index contributed by atoms with van der Waals surface area (Å²) in [7, 11) is 0. The van der Waals surface area contributed by atoms with Crippen LogP contribution in [-0.2, 0) is 11.2 Å².